The summed E-state index contributed by atoms with van der Waals surface area (Å²) in [6.07, 6.45) is 6.61. The summed E-state index contributed by atoms with van der Waals surface area (Å²) in [5, 5.41) is 6.31. The highest BCUT2D eigenvalue weighted by molar-refractivity contribution is 5.81. The van der Waals surface area contributed by atoms with E-state index in [1.165, 1.54) is 19.3 Å². The van der Waals surface area contributed by atoms with E-state index in [4.69, 9.17) is 4.42 Å². The molecule has 106 valence electrons. The SMILES string of the molecule is CCC(CC1CC1)NC(C)C(=O)NCc1ccco1. The Hall–Kier alpha value is -1.29. The van der Waals surface area contributed by atoms with Crippen LogP contribution in [-0.4, -0.2) is 18.0 Å². The predicted octanol–water partition coefficient (Wildman–Crippen LogP) is 2.45. The number of carbonyl (C=O) groups excluding carboxylic acids is 1. The van der Waals surface area contributed by atoms with Gasteiger partial charge in [-0.05, 0) is 37.8 Å². The van der Waals surface area contributed by atoms with Gasteiger partial charge >= 0.3 is 0 Å². The molecule has 1 amide bonds. The Labute approximate surface area is 114 Å². The molecule has 1 fully saturated rings. The van der Waals surface area contributed by atoms with E-state index < -0.39 is 0 Å². The molecule has 1 aromatic heterocycles. The van der Waals surface area contributed by atoms with Crippen LogP contribution in [0.4, 0.5) is 0 Å². The Morgan fingerprint density at radius 1 is 1.53 bits per heavy atom. The van der Waals surface area contributed by atoms with Crippen LogP contribution in [0.1, 0.15) is 45.3 Å². The molecule has 19 heavy (non-hydrogen) atoms. The lowest BCUT2D eigenvalue weighted by Gasteiger charge is -2.21. The molecule has 0 saturated heterocycles. The summed E-state index contributed by atoms with van der Waals surface area (Å²) >= 11 is 0. The van der Waals surface area contributed by atoms with Gasteiger partial charge in [-0.25, -0.2) is 0 Å². The summed E-state index contributed by atoms with van der Waals surface area (Å²) in [4.78, 5) is 12.0. The average molecular weight is 264 g/mol. The van der Waals surface area contributed by atoms with Gasteiger partial charge in [0, 0.05) is 6.04 Å². The van der Waals surface area contributed by atoms with Crippen LogP contribution in [-0.2, 0) is 11.3 Å². The molecule has 1 aliphatic rings. The number of hydrogen-bond acceptors (Lipinski definition) is 3. The molecule has 0 bridgehead atoms. The minimum absolute atomic E-state index is 0.0330. The number of rotatable bonds is 8. The first-order valence-electron chi connectivity index (χ1n) is 7.25. The summed E-state index contributed by atoms with van der Waals surface area (Å²) in [6, 6.07) is 3.99. The highest BCUT2D eigenvalue weighted by Gasteiger charge is 2.26. The zero-order valence-corrected chi connectivity index (χ0v) is 11.8. The average Bonchev–Trinajstić information content (AvgIpc) is 3.07. The first-order valence-corrected chi connectivity index (χ1v) is 7.25. The maximum Gasteiger partial charge on any atom is 0.237 e. The van der Waals surface area contributed by atoms with E-state index in [-0.39, 0.29) is 11.9 Å². The second kappa shape index (κ2) is 6.75. The third-order valence-electron chi connectivity index (χ3n) is 3.70. The summed E-state index contributed by atoms with van der Waals surface area (Å²) in [6.45, 7) is 4.55. The topological polar surface area (TPSA) is 54.3 Å². The first kappa shape index (κ1) is 14.1. The predicted molar refractivity (Wildman–Crippen MR) is 74.6 cm³/mol. The molecule has 0 aromatic carbocycles. The molecule has 1 saturated carbocycles. The lowest BCUT2D eigenvalue weighted by atomic mass is 10.1. The fraction of sp³-hybridized carbons (Fsp3) is 0.667. The fourth-order valence-electron chi connectivity index (χ4n) is 2.28. The third-order valence-corrected chi connectivity index (χ3v) is 3.70. The first-order chi connectivity index (χ1) is 9.19. The summed E-state index contributed by atoms with van der Waals surface area (Å²) in [5.41, 5.74) is 0. The molecule has 0 spiro atoms. The van der Waals surface area contributed by atoms with Crippen molar-refractivity contribution in [3.63, 3.8) is 0 Å². The zero-order chi connectivity index (χ0) is 13.7. The van der Waals surface area contributed by atoms with E-state index >= 15 is 0 Å². The maximum absolute atomic E-state index is 12.0. The van der Waals surface area contributed by atoms with Gasteiger partial charge in [-0.2, -0.15) is 0 Å². The smallest absolute Gasteiger partial charge is 0.237 e. The Bertz CT molecular complexity index is 385. The highest BCUT2D eigenvalue weighted by atomic mass is 16.3. The lowest BCUT2D eigenvalue weighted by Crippen LogP contribution is -2.46. The summed E-state index contributed by atoms with van der Waals surface area (Å²) < 4.78 is 5.19. The summed E-state index contributed by atoms with van der Waals surface area (Å²) in [7, 11) is 0. The number of carbonyl (C=O) groups is 1. The van der Waals surface area contributed by atoms with Crippen LogP contribution in [0, 0.1) is 5.92 Å². The van der Waals surface area contributed by atoms with E-state index in [0.717, 1.165) is 18.1 Å². The van der Waals surface area contributed by atoms with Crippen molar-refractivity contribution in [3.8, 4) is 0 Å². The highest BCUT2D eigenvalue weighted by Crippen LogP contribution is 2.34. The molecule has 0 radical (unpaired) electrons. The molecule has 4 nitrogen and oxygen atoms in total. The van der Waals surface area contributed by atoms with Gasteiger partial charge in [0.25, 0.3) is 0 Å². The Morgan fingerprint density at radius 3 is 2.89 bits per heavy atom. The van der Waals surface area contributed by atoms with Gasteiger partial charge in [0.2, 0.25) is 5.91 Å². The summed E-state index contributed by atoms with van der Waals surface area (Å²) in [5.74, 6) is 1.70. The normalized spacial score (nSPS) is 18.0. The molecule has 0 aliphatic heterocycles. The number of hydrogen-bond donors (Lipinski definition) is 2. The van der Waals surface area contributed by atoms with E-state index in [1.807, 2.05) is 19.1 Å². The van der Waals surface area contributed by atoms with Crippen molar-refractivity contribution >= 4 is 5.91 Å². The number of nitrogens with one attached hydrogen (secondary N) is 2. The molecular weight excluding hydrogens is 240 g/mol. The third kappa shape index (κ3) is 4.71. The molecule has 2 unspecified atom stereocenters. The van der Waals surface area contributed by atoms with Gasteiger partial charge in [0.15, 0.2) is 0 Å². The Kier molecular flexibility index (Phi) is 5.02. The van der Waals surface area contributed by atoms with Crippen molar-refractivity contribution in [2.45, 2.75) is 58.2 Å². The van der Waals surface area contributed by atoms with Crippen LogP contribution in [0.3, 0.4) is 0 Å². The van der Waals surface area contributed by atoms with Crippen molar-refractivity contribution in [1.82, 2.24) is 10.6 Å². The molecule has 2 N–H and O–H groups in total. The largest absolute Gasteiger partial charge is 0.467 e. The van der Waals surface area contributed by atoms with Gasteiger partial charge in [-0.1, -0.05) is 19.8 Å². The van der Waals surface area contributed by atoms with Crippen LogP contribution in [0.5, 0.6) is 0 Å². The number of amides is 1. The van der Waals surface area contributed by atoms with Crippen molar-refractivity contribution in [2.75, 3.05) is 0 Å². The van der Waals surface area contributed by atoms with E-state index in [9.17, 15) is 4.79 Å². The standard InChI is InChI=1S/C15H24N2O2/c1-3-13(9-12-6-7-12)17-11(2)15(18)16-10-14-5-4-8-19-14/h4-5,8,11-13,17H,3,6-7,9-10H2,1-2H3,(H,16,18). The van der Waals surface area contributed by atoms with Crippen molar-refractivity contribution in [3.05, 3.63) is 24.2 Å². The van der Waals surface area contributed by atoms with Crippen molar-refractivity contribution in [2.24, 2.45) is 5.92 Å². The molecule has 1 aromatic rings. The van der Waals surface area contributed by atoms with E-state index in [0.29, 0.717) is 12.6 Å². The van der Waals surface area contributed by atoms with Crippen molar-refractivity contribution < 1.29 is 9.21 Å². The second-order valence-corrected chi connectivity index (χ2v) is 5.47. The second-order valence-electron chi connectivity index (χ2n) is 5.47. The van der Waals surface area contributed by atoms with Crippen LogP contribution in [0.25, 0.3) is 0 Å². The molecule has 1 aliphatic carbocycles. The molecular formula is C15H24N2O2. The minimum Gasteiger partial charge on any atom is -0.467 e. The van der Waals surface area contributed by atoms with Crippen molar-refractivity contribution in [1.29, 1.82) is 0 Å². The van der Waals surface area contributed by atoms with Gasteiger partial charge in [0.05, 0.1) is 18.8 Å². The molecule has 4 heteroatoms. The monoisotopic (exact) mass is 264 g/mol. The lowest BCUT2D eigenvalue weighted by molar-refractivity contribution is -0.123. The van der Waals surface area contributed by atoms with E-state index in [2.05, 4.69) is 17.6 Å². The maximum atomic E-state index is 12.0. The zero-order valence-electron chi connectivity index (χ0n) is 11.8. The minimum atomic E-state index is -0.154. The van der Waals surface area contributed by atoms with Gasteiger partial charge < -0.3 is 15.1 Å². The van der Waals surface area contributed by atoms with Gasteiger partial charge in [0.1, 0.15) is 5.76 Å². The quantitative estimate of drug-likeness (QED) is 0.758. The fourth-order valence-corrected chi connectivity index (χ4v) is 2.28. The van der Waals surface area contributed by atoms with E-state index in [1.54, 1.807) is 6.26 Å². The van der Waals surface area contributed by atoms with Crippen LogP contribution >= 0.6 is 0 Å². The number of furan rings is 1. The van der Waals surface area contributed by atoms with Crippen LogP contribution < -0.4 is 10.6 Å². The van der Waals surface area contributed by atoms with Gasteiger partial charge in [-0.3, -0.25) is 4.79 Å². The Balaban J connectivity index is 1.71. The Morgan fingerprint density at radius 2 is 2.32 bits per heavy atom. The van der Waals surface area contributed by atoms with Crippen LogP contribution in [0.2, 0.25) is 0 Å². The molecule has 1 heterocycles. The molecule has 2 atom stereocenters. The van der Waals surface area contributed by atoms with Crippen LogP contribution in [0.15, 0.2) is 22.8 Å². The molecule has 2 rings (SSSR count). The van der Waals surface area contributed by atoms with Gasteiger partial charge in [-0.15, -0.1) is 0 Å².